The molecule has 2 heteroatoms. The fourth-order valence-corrected chi connectivity index (χ4v) is 2.44. The Morgan fingerprint density at radius 2 is 1.09 bits per heavy atom. The van der Waals surface area contributed by atoms with Gasteiger partial charge >= 0.3 is 0 Å². The first-order valence-electron chi connectivity index (χ1n) is 7.54. The molecule has 0 bridgehead atoms. The van der Waals surface area contributed by atoms with Crippen LogP contribution < -0.4 is 0 Å². The van der Waals surface area contributed by atoms with Gasteiger partial charge in [0, 0.05) is 32.7 Å². The van der Waals surface area contributed by atoms with Crippen LogP contribution in [0.15, 0.2) is 78.9 Å². The summed E-state index contributed by atoms with van der Waals surface area (Å²) >= 11 is 0. The van der Waals surface area contributed by atoms with Gasteiger partial charge in [-0.15, -0.1) is 0 Å². The zero-order chi connectivity index (χ0) is 15.6. The Labute approximate surface area is 163 Å². The summed E-state index contributed by atoms with van der Waals surface area (Å²) in [6, 6.07) is 30.9. The zero-order valence-corrected chi connectivity index (χ0v) is 16.6. The van der Waals surface area contributed by atoms with Gasteiger partial charge in [-0.05, 0) is 12.8 Å². The van der Waals surface area contributed by atoms with Gasteiger partial charge in [-0.3, -0.25) is 0 Å². The minimum atomic E-state index is 0. The number of rotatable bonds is 4. The van der Waals surface area contributed by atoms with Crippen LogP contribution >= 0.6 is 9.84 Å². The number of benzene rings is 3. The quantitative estimate of drug-likeness (QED) is 0.453. The maximum Gasteiger partial charge on any atom is 0.0511 e. The molecule has 22 heavy (non-hydrogen) atoms. The van der Waals surface area contributed by atoms with Crippen LogP contribution in [0.5, 0.6) is 0 Å². The van der Waals surface area contributed by atoms with Crippen molar-refractivity contribution in [2.75, 3.05) is 0 Å². The fraction of sp³-hybridized carbons (Fsp3) is 0.100. The van der Waals surface area contributed by atoms with E-state index in [-0.39, 0.29) is 32.7 Å². The van der Waals surface area contributed by atoms with E-state index < -0.39 is 0 Å². The van der Waals surface area contributed by atoms with E-state index >= 15 is 0 Å². The molecule has 1 radical (unpaired) electrons. The van der Waals surface area contributed by atoms with Crippen LogP contribution in [-0.4, -0.2) is 1.28 Å². The molecule has 3 rings (SSSR count). The maximum absolute atomic E-state index is 5.67. The fourth-order valence-electron chi connectivity index (χ4n) is 2.44. The SMILES string of the molecule is [2H]P.[Y].[c-]1cc(Cc2ccccc2)cc(Cc2ccccc2)c1. The Morgan fingerprint density at radius 1 is 0.682 bits per heavy atom. The summed E-state index contributed by atoms with van der Waals surface area (Å²) in [5.74, 6) is 0. The van der Waals surface area contributed by atoms with Crippen molar-refractivity contribution in [3.8, 4) is 0 Å². The predicted octanol–water partition coefficient (Wildman–Crippen LogP) is 4.72. The molecule has 3 aromatic carbocycles. The van der Waals surface area contributed by atoms with Crippen molar-refractivity contribution in [3.63, 3.8) is 0 Å². The molecule has 1 unspecified atom stereocenters. The van der Waals surface area contributed by atoms with Crippen molar-refractivity contribution in [2.24, 2.45) is 0 Å². The first kappa shape index (κ1) is 17.5. The maximum atomic E-state index is 5.67. The monoisotopic (exact) mass is 381 g/mol. The number of hydrogen-bond donors (Lipinski definition) is 0. The Kier molecular flexibility index (Phi) is 8.02. The molecule has 0 saturated heterocycles. The Bertz CT molecular complexity index is 615. The van der Waals surface area contributed by atoms with E-state index in [0.29, 0.717) is 0 Å². The Balaban J connectivity index is 0.000000849. The van der Waals surface area contributed by atoms with Crippen molar-refractivity contribution in [1.82, 2.24) is 0 Å². The van der Waals surface area contributed by atoms with Crippen molar-refractivity contribution in [2.45, 2.75) is 12.8 Å². The van der Waals surface area contributed by atoms with Crippen molar-refractivity contribution in [3.05, 3.63) is 107 Å². The largest absolute Gasteiger partial charge is 0.183 e. The smallest absolute Gasteiger partial charge is 0.0511 e. The van der Waals surface area contributed by atoms with E-state index in [0.717, 1.165) is 12.8 Å². The molecule has 0 nitrogen and oxygen atoms in total. The second-order valence-electron chi connectivity index (χ2n) is 5.07. The zero-order valence-electron chi connectivity index (χ0n) is 13.6. The molecule has 0 aliphatic heterocycles. The molecule has 0 aliphatic carbocycles. The van der Waals surface area contributed by atoms with Crippen LogP contribution in [0.4, 0.5) is 0 Å². The molecule has 109 valence electrons. The molecular weight excluding hydrogens is 360 g/mol. The van der Waals surface area contributed by atoms with E-state index in [9.17, 15) is 0 Å². The first-order chi connectivity index (χ1) is 10.9. The van der Waals surface area contributed by atoms with Gasteiger partial charge in [0.2, 0.25) is 0 Å². The molecule has 0 aliphatic rings. The molecule has 0 fully saturated rings. The van der Waals surface area contributed by atoms with Gasteiger partial charge in [0.15, 0.2) is 0 Å². The van der Waals surface area contributed by atoms with Gasteiger partial charge in [0.1, 0.15) is 0 Å². The average Bonchev–Trinajstić information content (AvgIpc) is 2.59. The molecule has 0 saturated carbocycles. The summed E-state index contributed by atoms with van der Waals surface area (Å²) in [6.07, 6.45) is 1.94. The second kappa shape index (κ2) is 10.1. The van der Waals surface area contributed by atoms with Gasteiger partial charge in [0.25, 0.3) is 0 Å². The molecule has 0 spiro atoms. The summed E-state index contributed by atoms with van der Waals surface area (Å²) in [4.78, 5) is 0. The van der Waals surface area contributed by atoms with Crippen molar-refractivity contribution in [1.29, 1.82) is 1.28 Å². The summed E-state index contributed by atoms with van der Waals surface area (Å²) < 4.78 is 5.67. The summed E-state index contributed by atoms with van der Waals surface area (Å²) in [5, 5.41) is 0. The van der Waals surface area contributed by atoms with Gasteiger partial charge in [-0.25, -0.2) is 0 Å². The van der Waals surface area contributed by atoms with Crippen LogP contribution in [0.2, 0.25) is 0 Å². The van der Waals surface area contributed by atoms with Crippen LogP contribution in [0.1, 0.15) is 22.3 Å². The molecule has 1 atom stereocenters. The molecule has 0 heterocycles. The van der Waals surface area contributed by atoms with Crippen LogP contribution in [0, 0.1) is 6.07 Å². The third kappa shape index (κ3) is 5.77. The summed E-state index contributed by atoms with van der Waals surface area (Å²) in [6.45, 7) is 0. The van der Waals surface area contributed by atoms with E-state index in [1.807, 2.05) is 0 Å². The normalized spacial score (nSPS) is 9.77. The minimum Gasteiger partial charge on any atom is -0.183 e. The Hall–Kier alpha value is -0.806. The third-order valence-corrected chi connectivity index (χ3v) is 3.41. The first-order valence-corrected chi connectivity index (χ1v) is 6.97. The van der Waals surface area contributed by atoms with Crippen molar-refractivity contribution < 1.29 is 32.7 Å². The predicted molar refractivity (Wildman–Crippen MR) is 94.9 cm³/mol. The van der Waals surface area contributed by atoms with Gasteiger partial charge in [-0.1, -0.05) is 71.8 Å². The standard InChI is InChI=1S/C20H17.H3P.Y/c1-3-8-17(9-4-1)14-19-12-7-13-20(16-19)15-18-10-5-2-6-11-18;;/h1-6,8-13,16H,14-15H2;1H3;/q-1;;/i;1D;. The molecule has 0 amide bonds. The summed E-state index contributed by atoms with van der Waals surface area (Å²) in [7, 11) is 1.67. The van der Waals surface area contributed by atoms with Gasteiger partial charge in [0.05, 0.1) is 1.28 Å². The molecule has 0 aromatic heterocycles. The minimum absolute atomic E-state index is 0. The van der Waals surface area contributed by atoms with Gasteiger partial charge in [-0.2, -0.15) is 45.2 Å². The van der Waals surface area contributed by atoms with Crippen LogP contribution in [0.3, 0.4) is 0 Å². The third-order valence-electron chi connectivity index (χ3n) is 3.41. The van der Waals surface area contributed by atoms with Crippen LogP contribution in [0.25, 0.3) is 0 Å². The average molecular weight is 381 g/mol. The Morgan fingerprint density at radius 3 is 1.50 bits per heavy atom. The molecular formula is C20H20PY-. The molecule has 0 N–H and O–H groups in total. The van der Waals surface area contributed by atoms with E-state index in [1.165, 1.54) is 22.3 Å². The van der Waals surface area contributed by atoms with Gasteiger partial charge < -0.3 is 0 Å². The van der Waals surface area contributed by atoms with Crippen molar-refractivity contribution >= 4 is 9.84 Å². The van der Waals surface area contributed by atoms with E-state index in [1.54, 1.807) is 9.84 Å². The topological polar surface area (TPSA) is 0 Å². The summed E-state index contributed by atoms with van der Waals surface area (Å²) in [5.41, 5.74) is 5.34. The van der Waals surface area contributed by atoms with E-state index in [2.05, 4.69) is 84.9 Å². The second-order valence-corrected chi connectivity index (χ2v) is 5.07. The number of hydrogen-bond acceptors (Lipinski definition) is 0. The van der Waals surface area contributed by atoms with E-state index in [4.69, 9.17) is 1.28 Å². The van der Waals surface area contributed by atoms with Crippen LogP contribution in [-0.2, 0) is 45.6 Å². The molecule has 3 aromatic rings.